The molecule has 0 heterocycles. The summed E-state index contributed by atoms with van der Waals surface area (Å²) in [6.07, 6.45) is 0.956. The van der Waals surface area contributed by atoms with E-state index in [1.807, 2.05) is 13.8 Å². The van der Waals surface area contributed by atoms with Gasteiger partial charge in [-0.25, -0.2) is 4.79 Å². The number of amides is 1. The third kappa shape index (κ3) is 4.26. The molecule has 1 amide bonds. The number of ether oxygens (including phenoxy) is 1. The van der Waals surface area contributed by atoms with Crippen molar-refractivity contribution in [3.63, 3.8) is 0 Å². The van der Waals surface area contributed by atoms with E-state index < -0.39 is 12.1 Å². The minimum Gasteiger partial charge on any atom is -0.480 e. The maximum absolute atomic E-state index is 12.0. The molecule has 1 aromatic rings. The molecule has 0 fully saturated rings. The molecule has 1 atom stereocenters. The summed E-state index contributed by atoms with van der Waals surface area (Å²) in [4.78, 5) is 23.0. The number of benzene rings is 1. The van der Waals surface area contributed by atoms with Gasteiger partial charge in [0.15, 0.2) is 6.10 Å². The predicted octanol–water partition coefficient (Wildman–Crippen LogP) is 2.46. The quantitative estimate of drug-likeness (QED) is 0.804. The van der Waals surface area contributed by atoms with Crippen molar-refractivity contribution in [2.24, 2.45) is 0 Å². The molecule has 0 aromatic heterocycles. The second kappa shape index (κ2) is 7.53. The van der Waals surface area contributed by atoms with E-state index in [2.05, 4.69) is 5.32 Å². The van der Waals surface area contributed by atoms with Crippen LogP contribution < -0.4 is 10.1 Å². The van der Waals surface area contributed by atoms with E-state index in [4.69, 9.17) is 9.84 Å². The molecule has 1 unspecified atom stereocenters. The molecule has 5 heteroatoms. The van der Waals surface area contributed by atoms with Crippen LogP contribution in [0.5, 0.6) is 5.75 Å². The van der Waals surface area contributed by atoms with Crippen LogP contribution in [-0.2, 0) is 4.79 Å². The van der Waals surface area contributed by atoms with Gasteiger partial charge in [0.25, 0.3) is 5.91 Å². The molecule has 1 aromatic carbocycles. The van der Waals surface area contributed by atoms with Gasteiger partial charge in [-0.1, -0.05) is 26.0 Å². The van der Waals surface area contributed by atoms with Gasteiger partial charge in [0.05, 0.1) is 0 Å². The first-order valence-corrected chi connectivity index (χ1v) is 6.78. The molecule has 0 aliphatic heterocycles. The zero-order valence-corrected chi connectivity index (χ0v) is 12.1. The average Bonchev–Trinajstić information content (AvgIpc) is 2.44. The molecule has 0 saturated carbocycles. The Morgan fingerprint density at radius 1 is 1.25 bits per heavy atom. The Bertz CT molecular complexity index is 469. The lowest BCUT2D eigenvalue weighted by molar-refractivity contribution is -0.128. The largest absolute Gasteiger partial charge is 0.480 e. The molecule has 0 radical (unpaired) electrons. The lowest BCUT2D eigenvalue weighted by Crippen LogP contribution is -2.42. The third-order valence-corrected chi connectivity index (χ3v) is 3.12. The zero-order chi connectivity index (χ0) is 15.1. The maximum Gasteiger partial charge on any atom is 0.339 e. The van der Waals surface area contributed by atoms with E-state index in [0.717, 1.165) is 12.8 Å². The fourth-order valence-electron chi connectivity index (χ4n) is 1.80. The van der Waals surface area contributed by atoms with Crippen LogP contribution in [0.15, 0.2) is 24.3 Å². The van der Waals surface area contributed by atoms with Gasteiger partial charge in [0.1, 0.15) is 11.3 Å². The Hall–Kier alpha value is -2.04. The van der Waals surface area contributed by atoms with Crippen LogP contribution in [0.25, 0.3) is 0 Å². The number of nitrogens with one attached hydrogen (secondary N) is 1. The number of hydrogen-bond acceptors (Lipinski definition) is 3. The lowest BCUT2D eigenvalue weighted by Gasteiger charge is -2.20. The van der Waals surface area contributed by atoms with E-state index >= 15 is 0 Å². The van der Waals surface area contributed by atoms with E-state index in [0.29, 0.717) is 0 Å². The Morgan fingerprint density at radius 2 is 1.85 bits per heavy atom. The van der Waals surface area contributed by atoms with Gasteiger partial charge < -0.3 is 15.2 Å². The van der Waals surface area contributed by atoms with Crippen molar-refractivity contribution in [3.8, 4) is 5.75 Å². The second-order valence-electron chi connectivity index (χ2n) is 4.58. The molecule has 0 saturated heterocycles. The number of carbonyl (C=O) groups is 2. The van der Waals surface area contributed by atoms with E-state index in [1.54, 1.807) is 25.1 Å². The molecule has 110 valence electrons. The van der Waals surface area contributed by atoms with Crippen LogP contribution in [0, 0.1) is 0 Å². The van der Waals surface area contributed by atoms with Gasteiger partial charge in [0.2, 0.25) is 0 Å². The minimum absolute atomic E-state index is 0.0506. The Kier molecular flexibility index (Phi) is 6.03. The molecule has 1 rings (SSSR count). The topological polar surface area (TPSA) is 75.6 Å². The Balaban J connectivity index is 2.73. The summed E-state index contributed by atoms with van der Waals surface area (Å²) in [5.74, 6) is -1.11. The molecular weight excluding hydrogens is 258 g/mol. The number of carboxylic acid groups (broad SMARTS) is 1. The smallest absolute Gasteiger partial charge is 0.339 e. The Labute approximate surface area is 118 Å². The normalized spacial score (nSPS) is 12.0. The third-order valence-electron chi connectivity index (χ3n) is 3.12. The molecule has 0 bridgehead atoms. The minimum atomic E-state index is -1.08. The van der Waals surface area contributed by atoms with Crippen molar-refractivity contribution in [3.05, 3.63) is 29.8 Å². The van der Waals surface area contributed by atoms with Crippen molar-refractivity contribution in [1.82, 2.24) is 5.32 Å². The Morgan fingerprint density at radius 3 is 2.40 bits per heavy atom. The van der Waals surface area contributed by atoms with Crippen molar-refractivity contribution in [2.75, 3.05) is 0 Å². The lowest BCUT2D eigenvalue weighted by atomic mass is 10.1. The van der Waals surface area contributed by atoms with Crippen molar-refractivity contribution >= 4 is 11.9 Å². The van der Waals surface area contributed by atoms with Crippen LogP contribution in [0.3, 0.4) is 0 Å². The summed E-state index contributed by atoms with van der Waals surface area (Å²) in [5, 5.41) is 11.9. The average molecular weight is 279 g/mol. The van der Waals surface area contributed by atoms with Crippen LogP contribution in [0.4, 0.5) is 0 Å². The van der Waals surface area contributed by atoms with Gasteiger partial charge in [-0.2, -0.15) is 0 Å². The number of aromatic carboxylic acids is 1. The molecule has 0 spiro atoms. The van der Waals surface area contributed by atoms with E-state index in [1.165, 1.54) is 6.07 Å². The second-order valence-corrected chi connectivity index (χ2v) is 4.58. The monoisotopic (exact) mass is 279 g/mol. The highest BCUT2D eigenvalue weighted by Gasteiger charge is 2.19. The number of para-hydroxylation sites is 1. The molecule has 2 N–H and O–H groups in total. The van der Waals surface area contributed by atoms with E-state index in [9.17, 15) is 9.59 Å². The molecule has 20 heavy (non-hydrogen) atoms. The van der Waals surface area contributed by atoms with Gasteiger partial charge in [0, 0.05) is 6.04 Å². The fourth-order valence-corrected chi connectivity index (χ4v) is 1.80. The number of carboxylic acids is 1. The predicted molar refractivity (Wildman–Crippen MR) is 76.0 cm³/mol. The standard InChI is InChI=1S/C15H21NO4/c1-4-11(5-2)16-14(17)10(3)20-13-9-7-6-8-12(13)15(18)19/h6-11H,4-5H2,1-3H3,(H,16,17)(H,18,19). The molecule has 0 aliphatic rings. The first-order valence-electron chi connectivity index (χ1n) is 6.78. The van der Waals surface area contributed by atoms with Gasteiger partial charge in [-0.05, 0) is 31.9 Å². The molecular formula is C15H21NO4. The summed E-state index contributed by atoms with van der Waals surface area (Å²) in [6.45, 7) is 5.61. The van der Waals surface area contributed by atoms with Crippen LogP contribution in [-0.4, -0.2) is 29.1 Å². The summed E-state index contributed by atoms with van der Waals surface area (Å²) in [6, 6.07) is 6.40. The number of carbonyl (C=O) groups excluding carboxylic acids is 1. The summed E-state index contributed by atoms with van der Waals surface area (Å²) >= 11 is 0. The van der Waals surface area contributed by atoms with Gasteiger partial charge >= 0.3 is 5.97 Å². The van der Waals surface area contributed by atoms with Crippen LogP contribution in [0.2, 0.25) is 0 Å². The summed E-state index contributed by atoms with van der Waals surface area (Å²) in [7, 11) is 0. The van der Waals surface area contributed by atoms with E-state index in [-0.39, 0.29) is 23.3 Å². The van der Waals surface area contributed by atoms with Crippen LogP contribution >= 0.6 is 0 Å². The highest BCUT2D eigenvalue weighted by atomic mass is 16.5. The van der Waals surface area contributed by atoms with Crippen molar-refractivity contribution in [2.45, 2.75) is 45.8 Å². The summed E-state index contributed by atoms with van der Waals surface area (Å²) in [5.41, 5.74) is 0.0506. The van der Waals surface area contributed by atoms with Crippen molar-refractivity contribution < 1.29 is 19.4 Å². The number of hydrogen-bond donors (Lipinski definition) is 2. The number of rotatable bonds is 7. The zero-order valence-electron chi connectivity index (χ0n) is 12.1. The van der Waals surface area contributed by atoms with Gasteiger partial charge in [-0.15, -0.1) is 0 Å². The first-order chi connectivity index (χ1) is 9.49. The highest BCUT2D eigenvalue weighted by Crippen LogP contribution is 2.19. The van der Waals surface area contributed by atoms with Crippen LogP contribution in [0.1, 0.15) is 44.0 Å². The molecule has 5 nitrogen and oxygen atoms in total. The first kappa shape index (κ1) is 16.0. The SMILES string of the molecule is CCC(CC)NC(=O)C(C)Oc1ccccc1C(=O)O. The summed E-state index contributed by atoms with van der Waals surface area (Å²) < 4.78 is 5.47. The molecule has 0 aliphatic carbocycles. The van der Waals surface area contributed by atoms with Crippen molar-refractivity contribution in [1.29, 1.82) is 0 Å². The highest BCUT2D eigenvalue weighted by molar-refractivity contribution is 5.91. The maximum atomic E-state index is 12.0. The fraction of sp³-hybridized carbons (Fsp3) is 0.467. The van der Waals surface area contributed by atoms with Gasteiger partial charge in [-0.3, -0.25) is 4.79 Å².